The van der Waals surface area contributed by atoms with Crippen molar-refractivity contribution in [2.45, 2.75) is 32.0 Å². The number of halogens is 1. The van der Waals surface area contributed by atoms with Crippen LogP contribution >= 0.6 is 0 Å². The highest BCUT2D eigenvalue weighted by atomic mass is 19.1. The average Bonchev–Trinajstić information content (AvgIpc) is 3.41. The van der Waals surface area contributed by atoms with Crippen LogP contribution in [0.1, 0.15) is 35.1 Å². The number of methoxy groups -OCH3 is 1. The number of aliphatic hydroxyl groups is 1. The molecule has 31 heavy (non-hydrogen) atoms. The summed E-state index contributed by atoms with van der Waals surface area (Å²) in [7, 11) is 1.37. The normalized spacial score (nSPS) is 26.3. The number of fused-ring (bicyclic) bond motifs is 2. The molecule has 3 unspecified atom stereocenters. The maximum Gasteiger partial charge on any atom is 0.309 e. The predicted molar refractivity (Wildman–Crippen MR) is 111 cm³/mol. The first-order valence-corrected chi connectivity index (χ1v) is 10.3. The Hall–Kier alpha value is -3.19. The van der Waals surface area contributed by atoms with E-state index in [0.717, 1.165) is 16.7 Å². The average molecular weight is 423 g/mol. The lowest BCUT2D eigenvalue weighted by atomic mass is 9.88. The molecule has 0 radical (unpaired) electrons. The minimum atomic E-state index is -0.496. The molecule has 0 bridgehead atoms. The van der Waals surface area contributed by atoms with Gasteiger partial charge in [-0.3, -0.25) is 9.59 Å². The highest BCUT2D eigenvalue weighted by molar-refractivity contribution is 6.36. The lowest BCUT2D eigenvalue weighted by molar-refractivity contribution is -0.146. The number of ether oxygens (including phenoxy) is 2. The van der Waals surface area contributed by atoms with Crippen LogP contribution in [0.4, 0.5) is 10.1 Å². The van der Waals surface area contributed by atoms with Crippen molar-refractivity contribution in [1.82, 2.24) is 0 Å². The lowest BCUT2D eigenvalue weighted by Gasteiger charge is -2.17. The molecule has 5 rings (SSSR count). The van der Waals surface area contributed by atoms with E-state index in [1.54, 1.807) is 6.07 Å². The minimum absolute atomic E-state index is 0.0103. The number of amides is 1. The summed E-state index contributed by atoms with van der Waals surface area (Å²) in [5.74, 6) is -0.857. The largest absolute Gasteiger partial charge is 0.487 e. The van der Waals surface area contributed by atoms with E-state index in [1.165, 1.54) is 19.2 Å². The molecule has 2 heterocycles. The Morgan fingerprint density at radius 3 is 2.87 bits per heavy atom. The van der Waals surface area contributed by atoms with Gasteiger partial charge in [0, 0.05) is 22.4 Å². The van der Waals surface area contributed by atoms with Crippen molar-refractivity contribution in [2.24, 2.45) is 11.8 Å². The molecule has 3 atom stereocenters. The van der Waals surface area contributed by atoms with Crippen LogP contribution in [-0.4, -0.2) is 30.2 Å². The second-order valence-corrected chi connectivity index (χ2v) is 8.35. The van der Waals surface area contributed by atoms with Crippen LogP contribution in [0.2, 0.25) is 0 Å². The number of hydrogen-bond donors (Lipinski definition) is 2. The monoisotopic (exact) mass is 423 g/mol. The Balaban J connectivity index is 1.45. The van der Waals surface area contributed by atoms with Gasteiger partial charge in [-0.15, -0.1) is 0 Å². The van der Waals surface area contributed by atoms with E-state index in [1.807, 2.05) is 18.2 Å². The van der Waals surface area contributed by atoms with Gasteiger partial charge in [0.05, 0.1) is 24.7 Å². The number of anilines is 1. The molecular weight excluding hydrogens is 401 g/mol. The van der Waals surface area contributed by atoms with E-state index in [2.05, 4.69) is 5.32 Å². The fourth-order valence-electron chi connectivity index (χ4n) is 4.98. The summed E-state index contributed by atoms with van der Waals surface area (Å²) < 4.78 is 24.6. The lowest BCUT2D eigenvalue weighted by Crippen LogP contribution is -2.22. The summed E-state index contributed by atoms with van der Waals surface area (Å²) in [6.07, 6.45) is 1.13. The summed E-state index contributed by atoms with van der Waals surface area (Å²) in [6.45, 7) is 0.313. The summed E-state index contributed by atoms with van der Waals surface area (Å²) in [5, 5.41) is 12.8. The Labute approximate surface area is 178 Å². The van der Waals surface area contributed by atoms with E-state index < -0.39 is 11.9 Å². The first kappa shape index (κ1) is 19.8. The van der Waals surface area contributed by atoms with Crippen molar-refractivity contribution < 1.29 is 28.6 Å². The van der Waals surface area contributed by atoms with Crippen LogP contribution in [0.3, 0.4) is 0 Å². The van der Waals surface area contributed by atoms with Crippen molar-refractivity contribution in [3.63, 3.8) is 0 Å². The van der Waals surface area contributed by atoms with Gasteiger partial charge in [-0.05, 0) is 48.9 Å². The third-order valence-electron chi connectivity index (χ3n) is 6.41. The Morgan fingerprint density at radius 2 is 2.06 bits per heavy atom. The molecule has 3 aliphatic rings. The highest BCUT2D eigenvalue weighted by Gasteiger charge is 2.39. The van der Waals surface area contributed by atoms with Crippen LogP contribution in [-0.2, 0) is 32.1 Å². The second kappa shape index (κ2) is 7.50. The predicted octanol–water partition coefficient (Wildman–Crippen LogP) is 3.28. The van der Waals surface area contributed by atoms with Crippen LogP contribution in [0, 0.1) is 17.7 Å². The van der Waals surface area contributed by atoms with Gasteiger partial charge in [0.1, 0.15) is 18.2 Å². The molecule has 1 saturated carbocycles. The van der Waals surface area contributed by atoms with Gasteiger partial charge < -0.3 is 19.9 Å². The van der Waals surface area contributed by atoms with Crippen LogP contribution in [0.25, 0.3) is 11.3 Å². The second-order valence-electron chi connectivity index (χ2n) is 8.35. The van der Waals surface area contributed by atoms with Crippen LogP contribution < -0.4 is 5.32 Å². The zero-order valence-corrected chi connectivity index (χ0v) is 17.0. The first-order chi connectivity index (χ1) is 14.9. The number of esters is 1. The first-order valence-electron chi connectivity index (χ1n) is 10.3. The van der Waals surface area contributed by atoms with Gasteiger partial charge in [-0.1, -0.05) is 18.2 Å². The smallest absolute Gasteiger partial charge is 0.309 e. The minimum Gasteiger partial charge on any atom is -0.487 e. The molecule has 160 valence electrons. The standard InChI is InChI=1S/C24H22FNO5/c1-30-24(29)18-10-16(27)8-13(18)6-12-2-4-17-14(7-12)11-31-22(17)21-19-9-15(25)3-5-20(19)26-23(21)28/h2-5,7,9,13,16,18,27H,6,8,10-11H2,1H3,(H,26,28)/b22-21+. The van der Waals surface area contributed by atoms with Crippen molar-refractivity contribution in [3.05, 3.63) is 64.5 Å². The maximum absolute atomic E-state index is 13.8. The van der Waals surface area contributed by atoms with Crippen molar-refractivity contribution in [3.8, 4) is 0 Å². The van der Waals surface area contributed by atoms with E-state index in [0.29, 0.717) is 48.5 Å². The Bertz CT molecular complexity index is 1120. The van der Waals surface area contributed by atoms with Crippen molar-refractivity contribution >= 4 is 28.9 Å². The molecule has 0 aromatic heterocycles. The van der Waals surface area contributed by atoms with E-state index in [4.69, 9.17) is 9.47 Å². The number of rotatable bonds is 3. The van der Waals surface area contributed by atoms with Gasteiger partial charge in [0.25, 0.3) is 5.91 Å². The Morgan fingerprint density at radius 1 is 1.23 bits per heavy atom. The highest BCUT2D eigenvalue weighted by Crippen LogP contribution is 2.42. The topological polar surface area (TPSA) is 84.9 Å². The molecule has 0 saturated heterocycles. The summed E-state index contributed by atoms with van der Waals surface area (Å²) in [4.78, 5) is 24.6. The van der Waals surface area contributed by atoms with E-state index >= 15 is 0 Å². The molecule has 1 aliphatic carbocycles. The van der Waals surface area contributed by atoms with Crippen LogP contribution in [0.5, 0.6) is 0 Å². The molecule has 2 aliphatic heterocycles. The molecular formula is C24H22FNO5. The van der Waals surface area contributed by atoms with Gasteiger partial charge in [-0.25, -0.2) is 4.39 Å². The number of nitrogens with one attached hydrogen (secondary N) is 1. The Kier molecular flexibility index (Phi) is 4.78. The number of hydrogen-bond acceptors (Lipinski definition) is 5. The molecule has 1 amide bonds. The molecule has 2 aromatic carbocycles. The summed E-state index contributed by atoms with van der Waals surface area (Å²) in [5.41, 5.74) is 4.18. The van der Waals surface area contributed by atoms with Gasteiger partial charge in [-0.2, -0.15) is 0 Å². The molecule has 2 N–H and O–H groups in total. The third kappa shape index (κ3) is 3.39. The maximum atomic E-state index is 13.8. The number of aliphatic hydroxyl groups excluding tert-OH is 1. The fraction of sp³-hybridized carbons (Fsp3) is 0.333. The molecule has 2 aromatic rings. The molecule has 0 spiro atoms. The number of carbonyl (C=O) groups is 2. The number of carbonyl (C=O) groups excluding carboxylic acids is 2. The zero-order chi connectivity index (χ0) is 21.7. The molecule has 7 heteroatoms. The molecule has 6 nitrogen and oxygen atoms in total. The summed E-state index contributed by atoms with van der Waals surface area (Å²) >= 11 is 0. The number of benzene rings is 2. The third-order valence-corrected chi connectivity index (χ3v) is 6.41. The van der Waals surface area contributed by atoms with Crippen LogP contribution in [0.15, 0.2) is 36.4 Å². The SMILES string of the molecule is COC(=O)C1CC(O)CC1Cc1ccc2c(c1)CO/C2=C1/C(=O)Nc2ccc(F)cc21. The van der Waals surface area contributed by atoms with Crippen molar-refractivity contribution in [1.29, 1.82) is 0 Å². The van der Waals surface area contributed by atoms with Gasteiger partial charge in [0.15, 0.2) is 0 Å². The van der Waals surface area contributed by atoms with E-state index in [9.17, 15) is 19.1 Å². The van der Waals surface area contributed by atoms with Crippen molar-refractivity contribution in [2.75, 3.05) is 12.4 Å². The van der Waals surface area contributed by atoms with E-state index in [-0.39, 0.29) is 23.7 Å². The zero-order valence-electron chi connectivity index (χ0n) is 17.0. The summed E-state index contributed by atoms with van der Waals surface area (Å²) in [6, 6.07) is 10.1. The fourth-order valence-corrected chi connectivity index (χ4v) is 4.98. The van der Waals surface area contributed by atoms with Gasteiger partial charge in [0.2, 0.25) is 0 Å². The molecule has 1 fully saturated rings. The van der Waals surface area contributed by atoms with Gasteiger partial charge >= 0.3 is 5.97 Å². The quantitative estimate of drug-likeness (QED) is 0.585.